The minimum atomic E-state index is -5.13. The Morgan fingerprint density at radius 2 is 1.94 bits per heavy atom. The van der Waals surface area contributed by atoms with Gasteiger partial charge in [0.05, 0.1) is 5.56 Å². The Balaban J connectivity index is 3.62. The van der Waals surface area contributed by atoms with Crippen LogP contribution in [-0.2, 0) is 9.05 Å². The van der Waals surface area contributed by atoms with E-state index in [0.717, 1.165) is 12.1 Å². The smallest absolute Gasteiger partial charge is 0.403 e. The van der Waals surface area contributed by atoms with E-state index in [1.54, 1.807) is 0 Å². The van der Waals surface area contributed by atoms with E-state index >= 15 is 0 Å². The fourth-order valence-corrected chi connectivity index (χ4v) is 2.17. The van der Waals surface area contributed by atoms with Gasteiger partial charge in [0.25, 0.3) is 9.05 Å². The van der Waals surface area contributed by atoms with Crippen LogP contribution in [0.25, 0.3) is 0 Å². The number of benzene rings is 1. The molecule has 0 aliphatic carbocycles. The average molecular weight is 300 g/mol. The van der Waals surface area contributed by atoms with Crippen molar-refractivity contribution < 1.29 is 26.3 Å². The molecule has 4 nitrogen and oxygen atoms in total. The number of rotatable bonds is 2. The monoisotopic (exact) mass is 299 g/mol. The van der Waals surface area contributed by atoms with Crippen LogP contribution in [0.2, 0.25) is 0 Å². The van der Waals surface area contributed by atoms with Crippen LogP contribution in [0.1, 0.15) is 11.1 Å². The summed E-state index contributed by atoms with van der Waals surface area (Å²) in [6.45, 7) is 1.34. The average Bonchev–Trinajstić information content (AvgIpc) is 2.13. The molecule has 0 unspecified atom stereocenters. The lowest BCUT2D eigenvalue weighted by Crippen LogP contribution is -2.19. The molecular weight excluding hydrogens is 295 g/mol. The van der Waals surface area contributed by atoms with Crippen LogP contribution in [0.4, 0.5) is 13.2 Å². The summed E-state index contributed by atoms with van der Waals surface area (Å²) in [4.78, 5) is -0.899. The molecule has 0 atom stereocenters. The summed E-state index contributed by atoms with van der Waals surface area (Å²) in [7, 11) is 0.530. The number of nitriles is 1. The van der Waals surface area contributed by atoms with E-state index in [4.69, 9.17) is 15.9 Å². The zero-order valence-corrected chi connectivity index (χ0v) is 10.3. The molecule has 0 amide bonds. The van der Waals surface area contributed by atoms with Crippen LogP contribution >= 0.6 is 10.7 Å². The van der Waals surface area contributed by atoms with E-state index in [2.05, 4.69) is 4.74 Å². The van der Waals surface area contributed by atoms with Crippen molar-refractivity contribution in [1.29, 1.82) is 5.26 Å². The van der Waals surface area contributed by atoms with Crippen LogP contribution < -0.4 is 4.74 Å². The van der Waals surface area contributed by atoms with Gasteiger partial charge in [-0.1, -0.05) is 6.07 Å². The summed E-state index contributed by atoms with van der Waals surface area (Å²) in [5.74, 6) is -1.11. The van der Waals surface area contributed by atoms with Gasteiger partial charge in [-0.25, -0.2) is 8.42 Å². The second kappa shape index (κ2) is 4.66. The lowest BCUT2D eigenvalue weighted by atomic mass is 10.1. The Kier molecular flexibility index (Phi) is 3.78. The van der Waals surface area contributed by atoms with Crippen molar-refractivity contribution >= 4 is 19.7 Å². The van der Waals surface area contributed by atoms with E-state index in [9.17, 15) is 21.6 Å². The molecule has 0 fully saturated rings. The molecular formula is C9H5ClF3NO3S. The lowest BCUT2D eigenvalue weighted by Gasteiger charge is -2.14. The summed E-state index contributed by atoms with van der Waals surface area (Å²) < 4.78 is 62.4. The molecule has 0 N–H and O–H groups in total. The fraction of sp³-hybridized carbons (Fsp3) is 0.222. The number of alkyl halides is 3. The molecule has 1 rings (SSSR count). The summed E-state index contributed by atoms with van der Waals surface area (Å²) >= 11 is 0. The molecule has 0 aliphatic rings. The van der Waals surface area contributed by atoms with Gasteiger partial charge in [0.15, 0.2) is 5.75 Å². The lowest BCUT2D eigenvalue weighted by molar-refractivity contribution is -0.275. The first-order valence-corrected chi connectivity index (χ1v) is 6.61. The summed E-state index contributed by atoms with van der Waals surface area (Å²) in [5, 5.41) is 8.75. The minimum Gasteiger partial charge on any atom is -0.403 e. The predicted octanol–water partition coefficient (Wildman–Crippen LogP) is 2.69. The molecule has 0 aromatic heterocycles. The van der Waals surface area contributed by atoms with E-state index in [1.807, 2.05) is 0 Å². The molecule has 0 radical (unpaired) electrons. The van der Waals surface area contributed by atoms with Crippen LogP contribution in [0, 0.1) is 18.3 Å². The maximum atomic E-state index is 12.2. The molecule has 0 bridgehead atoms. The van der Waals surface area contributed by atoms with Gasteiger partial charge in [0, 0.05) is 10.7 Å². The van der Waals surface area contributed by atoms with Gasteiger partial charge in [-0.15, -0.1) is 13.2 Å². The number of ether oxygens (including phenoxy) is 1. The molecule has 1 aromatic rings. The van der Waals surface area contributed by atoms with Gasteiger partial charge < -0.3 is 4.74 Å². The molecule has 0 aliphatic heterocycles. The second-order valence-electron chi connectivity index (χ2n) is 3.18. The fourth-order valence-electron chi connectivity index (χ4n) is 1.21. The number of halogens is 4. The number of aryl methyl sites for hydroxylation is 1. The molecule has 0 spiro atoms. The van der Waals surface area contributed by atoms with Crippen LogP contribution in [0.5, 0.6) is 5.75 Å². The Hall–Kier alpha value is -1.46. The highest BCUT2D eigenvalue weighted by molar-refractivity contribution is 8.13. The highest BCUT2D eigenvalue weighted by atomic mass is 35.7. The quantitative estimate of drug-likeness (QED) is 0.787. The van der Waals surface area contributed by atoms with Gasteiger partial charge in [-0.3, -0.25) is 0 Å². The summed E-state index contributed by atoms with van der Waals surface area (Å²) in [5.41, 5.74) is -0.394. The van der Waals surface area contributed by atoms with E-state index < -0.39 is 31.6 Å². The zero-order chi connectivity index (χ0) is 14.1. The van der Waals surface area contributed by atoms with Gasteiger partial charge in [0.1, 0.15) is 11.0 Å². The summed E-state index contributed by atoms with van der Waals surface area (Å²) in [6.07, 6.45) is -5.13. The zero-order valence-electron chi connectivity index (χ0n) is 8.75. The third-order valence-corrected chi connectivity index (χ3v) is 3.27. The van der Waals surface area contributed by atoms with Gasteiger partial charge in [0.2, 0.25) is 0 Å². The number of nitrogens with zero attached hydrogens (tertiary/aromatic N) is 1. The Morgan fingerprint density at radius 1 is 1.39 bits per heavy atom. The SMILES string of the molecule is Cc1ccc(S(=O)(=O)Cl)c(OC(F)(F)F)c1C#N. The van der Waals surface area contributed by atoms with Crippen molar-refractivity contribution in [3.63, 3.8) is 0 Å². The first-order valence-electron chi connectivity index (χ1n) is 4.30. The number of hydrogen-bond donors (Lipinski definition) is 0. The maximum Gasteiger partial charge on any atom is 0.573 e. The van der Waals surface area contributed by atoms with Crippen LogP contribution in [-0.4, -0.2) is 14.8 Å². The minimum absolute atomic E-state index is 0.140. The van der Waals surface area contributed by atoms with Crippen molar-refractivity contribution in [3.8, 4) is 11.8 Å². The summed E-state index contributed by atoms with van der Waals surface area (Å²) in [6, 6.07) is 3.46. The second-order valence-corrected chi connectivity index (χ2v) is 5.72. The van der Waals surface area contributed by atoms with E-state index in [1.165, 1.54) is 13.0 Å². The van der Waals surface area contributed by atoms with Crippen molar-refractivity contribution in [2.45, 2.75) is 18.2 Å². The maximum absolute atomic E-state index is 12.2. The molecule has 0 saturated carbocycles. The molecule has 98 valence electrons. The van der Waals surface area contributed by atoms with Crippen LogP contribution in [0.3, 0.4) is 0 Å². The normalized spacial score (nSPS) is 12.0. The molecule has 18 heavy (non-hydrogen) atoms. The Morgan fingerprint density at radius 3 is 2.33 bits per heavy atom. The first-order chi connectivity index (χ1) is 8.06. The first kappa shape index (κ1) is 14.6. The van der Waals surface area contributed by atoms with Crippen molar-refractivity contribution in [1.82, 2.24) is 0 Å². The largest absolute Gasteiger partial charge is 0.573 e. The highest BCUT2D eigenvalue weighted by Crippen LogP contribution is 2.35. The van der Waals surface area contributed by atoms with Gasteiger partial charge in [-0.05, 0) is 18.6 Å². The predicted molar refractivity (Wildman–Crippen MR) is 55.6 cm³/mol. The van der Waals surface area contributed by atoms with Crippen molar-refractivity contribution in [2.24, 2.45) is 0 Å². The Labute approximate surface area is 105 Å². The van der Waals surface area contributed by atoms with Crippen molar-refractivity contribution in [3.05, 3.63) is 23.3 Å². The van der Waals surface area contributed by atoms with Crippen molar-refractivity contribution in [2.75, 3.05) is 0 Å². The highest BCUT2D eigenvalue weighted by Gasteiger charge is 2.35. The van der Waals surface area contributed by atoms with E-state index in [-0.39, 0.29) is 5.56 Å². The standard InChI is InChI=1S/C9H5ClF3NO3S/c1-5-2-3-7(18(10,15)16)8(6(5)4-14)17-9(11,12)13/h2-3H,1H3. The van der Waals surface area contributed by atoms with Crippen LogP contribution in [0.15, 0.2) is 17.0 Å². The van der Waals surface area contributed by atoms with Gasteiger partial charge >= 0.3 is 6.36 Å². The topological polar surface area (TPSA) is 67.2 Å². The molecule has 0 saturated heterocycles. The molecule has 1 aromatic carbocycles. The van der Waals surface area contributed by atoms with Gasteiger partial charge in [-0.2, -0.15) is 5.26 Å². The molecule has 0 heterocycles. The van der Waals surface area contributed by atoms with E-state index in [0.29, 0.717) is 0 Å². The third-order valence-electron chi connectivity index (χ3n) is 1.92. The molecule has 9 heteroatoms. The third kappa shape index (κ3) is 3.27. The Bertz CT molecular complexity index is 619. The number of hydrogen-bond acceptors (Lipinski definition) is 4.